The third-order valence-corrected chi connectivity index (χ3v) is 3.44. The molecule has 0 atom stereocenters. The van der Waals surface area contributed by atoms with Gasteiger partial charge in [0.15, 0.2) is 6.61 Å². The Balaban J connectivity index is 1.47. The van der Waals surface area contributed by atoms with Crippen molar-refractivity contribution >= 4 is 5.91 Å². The number of ether oxygens (including phenoxy) is 1. The number of aromatic nitrogens is 1. The highest BCUT2D eigenvalue weighted by atomic mass is 16.5. The van der Waals surface area contributed by atoms with Crippen LogP contribution in [-0.2, 0) is 11.3 Å². The Morgan fingerprint density at radius 1 is 0.913 bits per heavy atom. The lowest BCUT2D eigenvalue weighted by Gasteiger charge is -2.08. The minimum absolute atomic E-state index is 0.0193. The standard InChI is InChI=1S/C19H18N2O2/c22-19(15-23-18-6-2-1-3-7-18)20-14-16-8-10-17(11-9-16)21-12-4-5-13-21/h1-13H,14-15H2,(H,20,22). The largest absolute Gasteiger partial charge is 0.484 e. The van der Waals surface area contributed by atoms with E-state index >= 15 is 0 Å². The molecule has 2 aromatic carbocycles. The molecular formula is C19H18N2O2. The zero-order valence-electron chi connectivity index (χ0n) is 12.7. The zero-order valence-corrected chi connectivity index (χ0v) is 12.7. The predicted molar refractivity (Wildman–Crippen MR) is 89.6 cm³/mol. The van der Waals surface area contributed by atoms with Gasteiger partial charge in [-0.1, -0.05) is 30.3 Å². The van der Waals surface area contributed by atoms with Crippen LogP contribution in [0.5, 0.6) is 5.75 Å². The van der Waals surface area contributed by atoms with Crippen LogP contribution in [0.15, 0.2) is 79.1 Å². The quantitative estimate of drug-likeness (QED) is 0.760. The van der Waals surface area contributed by atoms with E-state index in [0.29, 0.717) is 12.3 Å². The number of hydrogen-bond donors (Lipinski definition) is 1. The van der Waals surface area contributed by atoms with Crippen molar-refractivity contribution < 1.29 is 9.53 Å². The summed E-state index contributed by atoms with van der Waals surface area (Å²) in [4.78, 5) is 11.8. The molecule has 0 aliphatic carbocycles. The van der Waals surface area contributed by atoms with Crippen LogP contribution < -0.4 is 10.1 Å². The molecule has 116 valence electrons. The molecule has 0 spiro atoms. The molecule has 0 unspecified atom stereocenters. The van der Waals surface area contributed by atoms with E-state index in [1.165, 1.54) is 0 Å². The fourth-order valence-electron chi connectivity index (χ4n) is 2.21. The van der Waals surface area contributed by atoms with E-state index in [-0.39, 0.29) is 12.5 Å². The van der Waals surface area contributed by atoms with E-state index in [2.05, 4.69) is 5.32 Å². The first-order chi connectivity index (χ1) is 11.3. The number of para-hydroxylation sites is 1. The molecule has 0 saturated heterocycles. The van der Waals surface area contributed by atoms with Crippen LogP contribution in [0.4, 0.5) is 0 Å². The van der Waals surface area contributed by atoms with Gasteiger partial charge in [0.2, 0.25) is 0 Å². The van der Waals surface area contributed by atoms with Crippen molar-refractivity contribution in [2.45, 2.75) is 6.54 Å². The number of nitrogens with one attached hydrogen (secondary N) is 1. The lowest BCUT2D eigenvalue weighted by atomic mass is 10.2. The lowest BCUT2D eigenvalue weighted by molar-refractivity contribution is -0.123. The van der Waals surface area contributed by atoms with Gasteiger partial charge in [0.05, 0.1) is 0 Å². The van der Waals surface area contributed by atoms with Gasteiger partial charge >= 0.3 is 0 Å². The lowest BCUT2D eigenvalue weighted by Crippen LogP contribution is -2.28. The monoisotopic (exact) mass is 306 g/mol. The highest BCUT2D eigenvalue weighted by molar-refractivity contribution is 5.77. The highest BCUT2D eigenvalue weighted by Gasteiger charge is 2.03. The van der Waals surface area contributed by atoms with Gasteiger partial charge in [0.1, 0.15) is 5.75 Å². The molecule has 3 rings (SSSR count). The van der Waals surface area contributed by atoms with Crippen LogP contribution in [-0.4, -0.2) is 17.1 Å². The van der Waals surface area contributed by atoms with Crippen molar-refractivity contribution in [3.63, 3.8) is 0 Å². The van der Waals surface area contributed by atoms with Gasteiger partial charge in [-0.15, -0.1) is 0 Å². The number of carbonyl (C=O) groups excluding carboxylic acids is 1. The summed E-state index contributed by atoms with van der Waals surface area (Å²) < 4.78 is 7.45. The van der Waals surface area contributed by atoms with Gasteiger partial charge in [0.25, 0.3) is 5.91 Å². The summed E-state index contributed by atoms with van der Waals surface area (Å²) in [5.74, 6) is 0.557. The summed E-state index contributed by atoms with van der Waals surface area (Å²) in [6.07, 6.45) is 4.00. The van der Waals surface area contributed by atoms with Crippen LogP contribution >= 0.6 is 0 Å². The summed E-state index contributed by atoms with van der Waals surface area (Å²) in [6.45, 7) is 0.508. The maximum absolute atomic E-state index is 11.8. The summed E-state index contributed by atoms with van der Waals surface area (Å²) in [5.41, 5.74) is 2.14. The summed E-state index contributed by atoms with van der Waals surface area (Å²) in [6, 6.07) is 21.4. The first kappa shape index (κ1) is 14.9. The average Bonchev–Trinajstić information content (AvgIpc) is 3.14. The normalized spacial score (nSPS) is 10.3. The van der Waals surface area contributed by atoms with Crippen molar-refractivity contribution in [2.24, 2.45) is 0 Å². The summed E-state index contributed by atoms with van der Waals surface area (Å²) in [5, 5.41) is 2.85. The van der Waals surface area contributed by atoms with E-state index in [1.54, 1.807) is 0 Å². The topological polar surface area (TPSA) is 43.3 Å². The van der Waals surface area contributed by atoms with Crippen LogP contribution in [0.2, 0.25) is 0 Å². The molecule has 4 heteroatoms. The van der Waals surface area contributed by atoms with Gasteiger partial charge in [-0.3, -0.25) is 4.79 Å². The van der Waals surface area contributed by atoms with Gasteiger partial charge in [-0.2, -0.15) is 0 Å². The summed E-state index contributed by atoms with van der Waals surface area (Å²) in [7, 11) is 0. The number of amides is 1. The van der Waals surface area contributed by atoms with E-state index in [1.807, 2.05) is 83.7 Å². The minimum atomic E-state index is -0.136. The Morgan fingerprint density at radius 3 is 2.30 bits per heavy atom. The van der Waals surface area contributed by atoms with Gasteiger partial charge in [0, 0.05) is 24.6 Å². The number of nitrogens with zero attached hydrogens (tertiary/aromatic N) is 1. The Hall–Kier alpha value is -3.01. The third kappa shape index (κ3) is 4.23. The smallest absolute Gasteiger partial charge is 0.258 e. The Kier molecular flexibility index (Phi) is 4.74. The molecule has 0 radical (unpaired) electrons. The molecular weight excluding hydrogens is 288 g/mol. The fraction of sp³-hybridized carbons (Fsp3) is 0.105. The Morgan fingerprint density at radius 2 is 1.61 bits per heavy atom. The molecule has 1 aromatic heterocycles. The molecule has 0 fully saturated rings. The van der Waals surface area contributed by atoms with Crippen molar-refractivity contribution in [1.29, 1.82) is 0 Å². The van der Waals surface area contributed by atoms with E-state index in [9.17, 15) is 4.79 Å². The molecule has 1 heterocycles. The number of rotatable bonds is 6. The second-order valence-electron chi connectivity index (χ2n) is 5.14. The highest BCUT2D eigenvalue weighted by Crippen LogP contribution is 2.10. The molecule has 0 aliphatic rings. The number of carbonyl (C=O) groups is 1. The predicted octanol–water partition coefficient (Wildman–Crippen LogP) is 3.17. The summed E-state index contributed by atoms with van der Waals surface area (Å²) >= 11 is 0. The van der Waals surface area contributed by atoms with Gasteiger partial charge in [-0.25, -0.2) is 0 Å². The van der Waals surface area contributed by atoms with Crippen LogP contribution in [0.1, 0.15) is 5.56 Å². The Labute approximate surface area is 135 Å². The second kappa shape index (κ2) is 7.31. The average molecular weight is 306 g/mol. The van der Waals surface area contributed by atoms with Crippen molar-refractivity contribution in [2.75, 3.05) is 6.61 Å². The van der Waals surface area contributed by atoms with Crippen molar-refractivity contribution in [3.8, 4) is 11.4 Å². The van der Waals surface area contributed by atoms with Crippen LogP contribution in [0.25, 0.3) is 5.69 Å². The van der Waals surface area contributed by atoms with Crippen molar-refractivity contribution in [1.82, 2.24) is 9.88 Å². The van der Waals surface area contributed by atoms with Gasteiger partial charge < -0.3 is 14.6 Å². The van der Waals surface area contributed by atoms with E-state index < -0.39 is 0 Å². The zero-order chi connectivity index (χ0) is 15.9. The van der Waals surface area contributed by atoms with E-state index in [4.69, 9.17) is 4.74 Å². The van der Waals surface area contributed by atoms with E-state index in [0.717, 1.165) is 11.3 Å². The first-order valence-corrected chi connectivity index (χ1v) is 7.48. The maximum atomic E-state index is 11.8. The molecule has 1 amide bonds. The molecule has 0 saturated carbocycles. The first-order valence-electron chi connectivity index (χ1n) is 7.48. The van der Waals surface area contributed by atoms with Gasteiger partial charge in [-0.05, 0) is 42.0 Å². The molecule has 3 aromatic rings. The minimum Gasteiger partial charge on any atom is -0.484 e. The maximum Gasteiger partial charge on any atom is 0.258 e. The Bertz CT molecular complexity index is 735. The SMILES string of the molecule is O=C(COc1ccccc1)NCc1ccc(-n2cccc2)cc1. The second-order valence-corrected chi connectivity index (χ2v) is 5.14. The molecule has 0 aliphatic heterocycles. The fourth-order valence-corrected chi connectivity index (χ4v) is 2.21. The number of benzene rings is 2. The number of hydrogen-bond acceptors (Lipinski definition) is 2. The third-order valence-electron chi connectivity index (χ3n) is 3.44. The molecule has 4 nitrogen and oxygen atoms in total. The van der Waals surface area contributed by atoms with Crippen LogP contribution in [0, 0.1) is 0 Å². The molecule has 1 N–H and O–H groups in total. The molecule has 0 bridgehead atoms. The van der Waals surface area contributed by atoms with Crippen LogP contribution in [0.3, 0.4) is 0 Å². The molecule has 23 heavy (non-hydrogen) atoms. The van der Waals surface area contributed by atoms with Crippen molar-refractivity contribution in [3.05, 3.63) is 84.7 Å².